The number of ether oxygens (including phenoxy) is 2. The highest BCUT2D eigenvalue weighted by atomic mass is 35.5. The van der Waals surface area contributed by atoms with Crippen LogP contribution < -0.4 is 10.1 Å². The van der Waals surface area contributed by atoms with Gasteiger partial charge in [0, 0.05) is 16.3 Å². The van der Waals surface area contributed by atoms with Gasteiger partial charge in [0.2, 0.25) is 0 Å². The number of carbonyl (C=O) groups is 1. The van der Waals surface area contributed by atoms with E-state index in [2.05, 4.69) is 10.1 Å². The van der Waals surface area contributed by atoms with Crippen LogP contribution in [0.3, 0.4) is 0 Å². The Balaban J connectivity index is 1.94. The zero-order valence-electron chi connectivity index (χ0n) is 10.9. The van der Waals surface area contributed by atoms with Gasteiger partial charge < -0.3 is 9.47 Å². The molecule has 1 amide bonds. The van der Waals surface area contributed by atoms with Crippen LogP contribution in [0.2, 0.25) is 5.02 Å². The molecule has 0 spiro atoms. The molecule has 5 heteroatoms. The van der Waals surface area contributed by atoms with E-state index in [9.17, 15) is 4.79 Å². The van der Waals surface area contributed by atoms with Crippen LogP contribution in [0.1, 0.15) is 5.56 Å². The molecule has 0 saturated heterocycles. The summed E-state index contributed by atoms with van der Waals surface area (Å²) in [5, 5.41) is 3.24. The molecular formula is C15H14ClNO3. The maximum absolute atomic E-state index is 11.0. The number of hydrogen-bond acceptors (Lipinski definition) is 3. The van der Waals surface area contributed by atoms with Gasteiger partial charge in [-0.15, -0.1) is 0 Å². The molecule has 0 aromatic heterocycles. The first-order chi connectivity index (χ1) is 9.69. The van der Waals surface area contributed by atoms with Gasteiger partial charge in [-0.05, 0) is 30.3 Å². The number of benzene rings is 2. The van der Waals surface area contributed by atoms with Crippen molar-refractivity contribution in [2.45, 2.75) is 6.61 Å². The van der Waals surface area contributed by atoms with E-state index in [1.54, 1.807) is 24.3 Å². The lowest BCUT2D eigenvalue weighted by molar-refractivity contribution is 0.187. The van der Waals surface area contributed by atoms with Crippen LogP contribution in [0.15, 0.2) is 48.5 Å². The maximum atomic E-state index is 11.0. The predicted molar refractivity (Wildman–Crippen MR) is 78.3 cm³/mol. The third-order valence-corrected chi connectivity index (χ3v) is 3.01. The molecule has 0 heterocycles. The summed E-state index contributed by atoms with van der Waals surface area (Å²) >= 11 is 6.05. The van der Waals surface area contributed by atoms with Crippen molar-refractivity contribution in [1.82, 2.24) is 0 Å². The molecule has 0 fully saturated rings. The van der Waals surface area contributed by atoms with Crippen LogP contribution in [0.25, 0.3) is 0 Å². The van der Waals surface area contributed by atoms with Crippen LogP contribution >= 0.6 is 11.6 Å². The van der Waals surface area contributed by atoms with Gasteiger partial charge in [-0.25, -0.2) is 4.79 Å². The number of carbonyl (C=O) groups excluding carboxylic acids is 1. The predicted octanol–water partition coefficient (Wildman–Crippen LogP) is 4.10. The molecule has 2 aromatic carbocycles. The van der Waals surface area contributed by atoms with Crippen molar-refractivity contribution in [2.75, 3.05) is 12.4 Å². The first kappa shape index (κ1) is 14.2. The topological polar surface area (TPSA) is 47.6 Å². The largest absolute Gasteiger partial charge is 0.489 e. The van der Waals surface area contributed by atoms with Gasteiger partial charge in [0.1, 0.15) is 12.4 Å². The minimum Gasteiger partial charge on any atom is -0.489 e. The highest BCUT2D eigenvalue weighted by Crippen LogP contribution is 2.20. The van der Waals surface area contributed by atoms with Crippen molar-refractivity contribution in [3.8, 4) is 5.75 Å². The molecule has 0 bridgehead atoms. The third-order valence-electron chi connectivity index (χ3n) is 2.64. The Morgan fingerprint density at radius 1 is 1.15 bits per heavy atom. The number of hydrogen-bond donors (Lipinski definition) is 1. The number of methoxy groups -OCH3 is 1. The lowest BCUT2D eigenvalue weighted by Gasteiger charge is -2.09. The zero-order valence-corrected chi connectivity index (χ0v) is 11.7. The second-order valence-electron chi connectivity index (χ2n) is 4.02. The van der Waals surface area contributed by atoms with E-state index < -0.39 is 6.09 Å². The van der Waals surface area contributed by atoms with E-state index in [0.717, 1.165) is 5.56 Å². The molecule has 20 heavy (non-hydrogen) atoms. The fourth-order valence-electron chi connectivity index (χ4n) is 1.58. The minimum atomic E-state index is -0.505. The maximum Gasteiger partial charge on any atom is 0.411 e. The number of halogens is 1. The summed E-state index contributed by atoms with van der Waals surface area (Å²) in [6.07, 6.45) is -0.505. The molecule has 0 radical (unpaired) electrons. The zero-order chi connectivity index (χ0) is 14.4. The third kappa shape index (κ3) is 3.90. The number of amides is 1. The van der Waals surface area contributed by atoms with Crippen LogP contribution in [-0.2, 0) is 11.3 Å². The summed E-state index contributed by atoms with van der Waals surface area (Å²) in [5.41, 5.74) is 1.56. The summed E-state index contributed by atoms with van der Waals surface area (Å²) in [4.78, 5) is 11.0. The molecule has 0 unspecified atom stereocenters. The first-order valence-corrected chi connectivity index (χ1v) is 6.38. The van der Waals surface area contributed by atoms with Gasteiger partial charge in [-0.2, -0.15) is 0 Å². The fraction of sp³-hybridized carbons (Fsp3) is 0.133. The molecule has 0 aliphatic rings. The Bertz CT molecular complexity index is 584. The van der Waals surface area contributed by atoms with Crippen LogP contribution in [0.4, 0.5) is 10.5 Å². The van der Waals surface area contributed by atoms with Crippen molar-refractivity contribution >= 4 is 23.4 Å². The SMILES string of the molecule is COC(=O)Nc1ccc(OCc2ccccc2Cl)cc1. The van der Waals surface area contributed by atoms with Crippen molar-refractivity contribution in [2.24, 2.45) is 0 Å². The van der Waals surface area contributed by atoms with E-state index in [1.807, 2.05) is 24.3 Å². The van der Waals surface area contributed by atoms with Gasteiger partial charge in [-0.1, -0.05) is 29.8 Å². The average molecular weight is 292 g/mol. The van der Waals surface area contributed by atoms with Crippen LogP contribution in [0.5, 0.6) is 5.75 Å². The van der Waals surface area contributed by atoms with Gasteiger partial charge in [0.15, 0.2) is 0 Å². The molecule has 2 rings (SSSR count). The highest BCUT2D eigenvalue weighted by Gasteiger charge is 2.02. The quantitative estimate of drug-likeness (QED) is 0.922. The van der Waals surface area contributed by atoms with Gasteiger partial charge in [0.05, 0.1) is 7.11 Å². The fourth-order valence-corrected chi connectivity index (χ4v) is 1.77. The molecule has 0 atom stereocenters. The van der Waals surface area contributed by atoms with Gasteiger partial charge >= 0.3 is 6.09 Å². The van der Waals surface area contributed by atoms with E-state index >= 15 is 0 Å². The summed E-state index contributed by atoms with van der Waals surface area (Å²) in [6, 6.07) is 14.5. The molecular weight excluding hydrogens is 278 g/mol. The Hall–Kier alpha value is -2.20. The molecule has 2 aromatic rings. The Kier molecular flexibility index (Phi) is 4.85. The standard InChI is InChI=1S/C15H14ClNO3/c1-19-15(18)17-12-6-8-13(9-7-12)20-10-11-4-2-3-5-14(11)16/h2-9H,10H2,1H3,(H,17,18). The van der Waals surface area contributed by atoms with E-state index in [0.29, 0.717) is 23.1 Å². The Labute approximate surface area is 122 Å². The molecule has 104 valence electrons. The van der Waals surface area contributed by atoms with E-state index in [-0.39, 0.29) is 0 Å². The molecule has 0 aliphatic heterocycles. The monoisotopic (exact) mass is 291 g/mol. The highest BCUT2D eigenvalue weighted by molar-refractivity contribution is 6.31. The molecule has 4 nitrogen and oxygen atoms in total. The Morgan fingerprint density at radius 3 is 2.50 bits per heavy atom. The summed E-state index contributed by atoms with van der Waals surface area (Å²) < 4.78 is 10.1. The van der Waals surface area contributed by atoms with Crippen molar-refractivity contribution in [3.63, 3.8) is 0 Å². The lowest BCUT2D eigenvalue weighted by atomic mass is 10.2. The smallest absolute Gasteiger partial charge is 0.411 e. The van der Waals surface area contributed by atoms with Crippen molar-refractivity contribution in [3.05, 3.63) is 59.1 Å². The Morgan fingerprint density at radius 2 is 1.85 bits per heavy atom. The second kappa shape index (κ2) is 6.82. The second-order valence-corrected chi connectivity index (χ2v) is 4.43. The lowest BCUT2D eigenvalue weighted by Crippen LogP contribution is -2.10. The van der Waals surface area contributed by atoms with E-state index in [1.165, 1.54) is 7.11 Å². The van der Waals surface area contributed by atoms with Gasteiger partial charge in [0.25, 0.3) is 0 Å². The molecule has 1 N–H and O–H groups in total. The number of rotatable bonds is 4. The van der Waals surface area contributed by atoms with Crippen molar-refractivity contribution < 1.29 is 14.3 Å². The van der Waals surface area contributed by atoms with Crippen LogP contribution in [-0.4, -0.2) is 13.2 Å². The normalized spacial score (nSPS) is 9.90. The van der Waals surface area contributed by atoms with Gasteiger partial charge in [-0.3, -0.25) is 5.32 Å². The molecule has 0 aliphatic carbocycles. The minimum absolute atomic E-state index is 0.392. The average Bonchev–Trinajstić information content (AvgIpc) is 2.48. The van der Waals surface area contributed by atoms with Crippen LogP contribution in [0, 0.1) is 0 Å². The number of anilines is 1. The van der Waals surface area contributed by atoms with Crippen molar-refractivity contribution in [1.29, 1.82) is 0 Å². The summed E-state index contributed by atoms with van der Waals surface area (Å²) in [6.45, 7) is 0.392. The number of nitrogens with one attached hydrogen (secondary N) is 1. The summed E-state index contributed by atoms with van der Waals surface area (Å²) in [7, 11) is 1.32. The summed E-state index contributed by atoms with van der Waals surface area (Å²) in [5.74, 6) is 0.695. The van der Waals surface area contributed by atoms with E-state index in [4.69, 9.17) is 16.3 Å². The molecule has 0 saturated carbocycles. The first-order valence-electron chi connectivity index (χ1n) is 6.00.